The van der Waals surface area contributed by atoms with Crippen LogP contribution in [-0.2, 0) is 19.6 Å². The molecule has 10 heteroatoms. The third-order valence-electron chi connectivity index (χ3n) is 4.90. The summed E-state index contributed by atoms with van der Waals surface area (Å²) in [5.74, 6) is -0.441. The molecule has 0 bridgehead atoms. The lowest BCUT2D eigenvalue weighted by Crippen LogP contribution is -2.44. The molecule has 1 fully saturated rings. The van der Waals surface area contributed by atoms with E-state index in [-0.39, 0.29) is 10.6 Å². The summed E-state index contributed by atoms with van der Waals surface area (Å²) in [7, 11) is -2.58. The Morgan fingerprint density at radius 3 is 2.39 bits per heavy atom. The molecule has 2 aromatic carbocycles. The van der Waals surface area contributed by atoms with E-state index in [0.717, 1.165) is 29.5 Å². The number of hydrogen-bond acceptors (Lipinski definition) is 6. The molecular weight excluding hydrogens is 425 g/mol. The number of carbonyl (C=O) groups excluding carboxylic acids is 1. The van der Waals surface area contributed by atoms with Crippen LogP contribution in [0.25, 0.3) is 0 Å². The number of anilines is 1. The van der Waals surface area contributed by atoms with Crippen LogP contribution in [0.2, 0.25) is 0 Å². The average Bonchev–Trinajstić information content (AvgIpc) is 2.79. The quantitative estimate of drug-likeness (QED) is 0.621. The number of rotatable bonds is 9. The molecule has 3 rings (SSSR count). The SMILES string of the molecule is COc1ccc(S(=O)(=O)N(CC(=O)NCCN2CCOCC2)c2ccc(F)cc2)cc1. The fraction of sp³-hybridized carbons (Fsp3) is 0.381. The zero-order chi connectivity index (χ0) is 22.3. The van der Waals surface area contributed by atoms with Crippen LogP contribution in [0.5, 0.6) is 5.75 Å². The highest BCUT2D eigenvalue weighted by atomic mass is 32.2. The van der Waals surface area contributed by atoms with Crippen LogP contribution in [0.15, 0.2) is 53.4 Å². The number of nitrogens with one attached hydrogen (secondary N) is 1. The molecular formula is C21H26FN3O5S. The number of methoxy groups -OCH3 is 1. The lowest BCUT2D eigenvalue weighted by Gasteiger charge is -2.27. The van der Waals surface area contributed by atoms with Gasteiger partial charge in [0.1, 0.15) is 18.1 Å². The molecule has 0 saturated carbocycles. The Labute approximate surface area is 181 Å². The van der Waals surface area contributed by atoms with E-state index in [1.807, 2.05) is 0 Å². The maximum atomic E-state index is 13.4. The number of carbonyl (C=O) groups is 1. The van der Waals surface area contributed by atoms with Crippen molar-refractivity contribution in [1.82, 2.24) is 10.2 Å². The first-order chi connectivity index (χ1) is 14.9. The van der Waals surface area contributed by atoms with Crippen LogP contribution in [0.1, 0.15) is 0 Å². The zero-order valence-corrected chi connectivity index (χ0v) is 18.1. The number of sulfonamides is 1. The van der Waals surface area contributed by atoms with Gasteiger partial charge in [-0.05, 0) is 48.5 Å². The van der Waals surface area contributed by atoms with Gasteiger partial charge < -0.3 is 14.8 Å². The maximum Gasteiger partial charge on any atom is 0.264 e. The molecule has 0 aliphatic carbocycles. The van der Waals surface area contributed by atoms with Crippen LogP contribution in [-0.4, -0.2) is 72.3 Å². The van der Waals surface area contributed by atoms with Crippen molar-refractivity contribution in [3.63, 3.8) is 0 Å². The van der Waals surface area contributed by atoms with E-state index in [0.29, 0.717) is 32.1 Å². The molecule has 8 nitrogen and oxygen atoms in total. The van der Waals surface area contributed by atoms with Gasteiger partial charge in [-0.15, -0.1) is 0 Å². The number of ether oxygens (including phenoxy) is 2. The molecule has 1 saturated heterocycles. The van der Waals surface area contributed by atoms with Gasteiger partial charge in [0, 0.05) is 26.2 Å². The number of benzene rings is 2. The van der Waals surface area contributed by atoms with E-state index in [4.69, 9.17) is 9.47 Å². The largest absolute Gasteiger partial charge is 0.497 e. The molecule has 1 heterocycles. The van der Waals surface area contributed by atoms with Gasteiger partial charge in [-0.25, -0.2) is 12.8 Å². The van der Waals surface area contributed by atoms with Gasteiger partial charge in [-0.1, -0.05) is 0 Å². The molecule has 31 heavy (non-hydrogen) atoms. The van der Waals surface area contributed by atoms with Gasteiger partial charge >= 0.3 is 0 Å². The van der Waals surface area contributed by atoms with E-state index in [2.05, 4.69) is 10.2 Å². The third-order valence-corrected chi connectivity index (χ3v) is 6.69. The van der Waals surface area contributed by atoms with E-state index < -0.39 is 28.3 Å². The first-order valence-corrected chi connectivity index (χ1v) is 11.3. The second-order valence-electron chi connectivity index (χ2n) is 6.97. The fourth-order valence-electron chi connectivity index (χ4n) is 3.16. The minimum Gasteiger partial charge on any atom is -0.497 e. The summed E-state index contributed by atoms with van der Waals surface area (Å²) in [6.07, 6.45) is 0. The number of nitrogens with zero attached hydrogens (tertiary/aromatic N) is 2. The summed E-state index contributed by atoms with van der Waals surface area (Å²) in [4.78, 5) is 14.7. The van der Waals surface area contributed by atoms with Gasteiger partial charge in [0.05, 0.1) is 30.9 Å². The van der Waals surface area contributed by atoms with Crippen molar-refractivity contribution in [2.45, 2.75) is 4.90 Å². The summed E-state index contributed by atoms with van der Waals surface area (Å²) in [5.41, 5.74) is 0.195. The Hall–Kier alpha value is -2.69. The standard InChI is InChI=1S/C21H26FN3O5S/c1-29-19-6-8-20(9-7-19)31(27,28)25(18-4-2-17(22)3-5-18)16-21(26)23-10-11-24-12-14-30-15-13-24/h2-9H,10-16H2,1H3,(H,23,26). The number of morpholine rings is 1. The number of amides is 1. The molecule has 1 N–H and O–H groups in total. The van der Waals surface area contributed by atoms with Crippen molar-refractivity contribution in [2.24, 2.45) is 0 Å². The molecule has 1 amide bonds. The minimum absolute atomic E-state index is 0.00117. The van der Waals surface area contributed by atoms with Crippen molar-refractivity contribution in [3.8, 4) is 5.75 Å². The molecule has 1 aliphatic rings. The molecule has 0 unspecified atom stereocenters. The Balaban J connectivity index is 1.74. The Morgan fingerprint density at radius 1 is 1.13 bits per heavy atom. The monoisotopic (exact) mass is 451 g/mol. The normalized spacial score (nSPS) is 14.8. The molecule has 168 valence electrons. The molecule has 0 spiro atoms. The highest BCUT2D eigenvalue weighted by Crippen LogP contribution is 2.25. The Morgan fingerprint density at radius 2 is 1.77 bits per heavy atom. The topological polar surface area (TPSA) is 88.2 Å². The summed E-state index contributed by atoms with van der Waals surface area (Å²) in [6, 6.07) is 10.8. The average molecular weight is 452 g/mol. The summed E-state index contributed by atoms with van der Waals surface area (Å²) in [5, 5.41) is 2.76. The van der Waals surface area contributed by atoms with E-state index in [1.165, 1.54) is 43.5 Å². The third kappa shape index (κ3) is 6.16. The second kappa shape index (κ2) is 10.6. The minimum atomic E-state index is -4.06. The van der Waals surface area contributed by atoms with Crippen LogP contribution in [0, 0.1) is 5.82 Å². The summed E-state index contributed by atoms with van der Waals surface area (Å²) >= 11 is 0. The molecule has 0 atom stereocenters. The maximum absolute atomic E-state index is 13.4. The van der Waals surface area contributed by atoms with Crippen LogP contribution in [0.4, 0.5) is 10.1 Å². The second-order valence-corrected chi connectivity index (χ2v) is 8.83. The van der Waals surface area contributed by atoms with Gasteiger partial charge in [0.25, 0.3) is 10.0 Å². The predicted octanol–water partition coefficient (Wildman–Crippen LogP) is 1.48. The predicted molar refractivity (Wildman–Crippen MR) is 114 cm³/mol. The van der Waals surface area contributed by atoms with Crippen LogP contribution < -0.4 is 14.4 Å². The van der Waals surface area contributed by atoms with Crippen LogP contribution >= 0.6 is 0 Å². The fourth-order valence-corrected chi connectivity index (χ4v) is 4.58. The van der Waals surface area contributed by atoms with Crippen LogP contribution in [0.3, 0.4) is 0 Å². The number of halogens is 1. The van der Waals surface area contributed by atoms with Crippen molar-refractivity contribution in [2.75, 3.05) is 57.4 Å². The molecule has 1 aliphatic heterocycles. The Kier molecular flexibility index (Phi) is 7.83. The smallest absolute Gasteiger partial charge is 0.264 e. The van der Waals surface area contributed by atoms with Crippen molar-refractivity contribution in [3.05, 3.63) is 54.3 Å². The van der Waals surface area contributed by atoms with E-state index >= 15 is 0 Å². The first-order valence-electron chi connectivity index (χ1n) is 9.89. The van der Waals surface area contributed by atoms with Gasteiger partial charge in [-0.3, -0.25) is 14.0 Å². The molecule has 2 aromatic rings. The van der Waals surface area contributed by atoms with E-state index in [9.17, 15) is 17.6 Å². The highest BCUT2D eigenvalue weighted by molar-refractivity contribution is 7.92. The van der Waals surface area contributed by atoms with Crippen molar-refractivity contribution >= 4 is 21.6 Å². The van der Waals surface area contributed by atoms with Gasteiger partial charge in [0.2, 0.25) is 5.91 Å². The van der Waals surface area contributed by atoms with E-state index in [1.54, 1.807) is 0 Å². The molecule has 0 aromatic heterocycles. The van der Waals surface area contributed by atoms with Gasteiger partial charge in [0.15, 0.2) is 0 Å². The Bertz CT molecular complexity index is 962. The lowest BCUT2D eigenvalue weighted by molar-refractivity contribution is -0.119. The lowest BCUT2D eigenvalue weighted by atomic mass is 10.3. The highest BCUT2D eigenvalue weighted by Gasteiger charge is 2.27. The summed E-state index contributed by atoms with van der Waals surface area (Å²) in [6.45, 7) is 3.52. The first kappa shape index (κ1) is 23.0. The van der Waals surface area contributed by atoms with Crippen molar-refractivity contribution < 1.29 is 27.1 Å². The zero-order valence-electron chi connectivity index (χ0n) is 17.3. The van der Waals surface area contributed by atoms with Gasteiger partial charge in [-0.2, -0.15) is 0 Å². The molecule has 0 radical (unpaired) electrons. The van der Waals surface area contributed by atoms with Crippen molar-refractivity contribution in [1.29, 1.82) is 0 Å². The number of hydrogen-bond donors (Lipinski definition) is 1. The summed E-state index contributed by atoms with van der Waals surface area (Å²) < 4.78 is 51.2.